The standard InChI is InChI=1S/C13H17ClN2O2/c1-3-8-15-12(17)9(2)16-13(18)10-6-4-5-7-11(10)14/h4-7,9H,3,8H2,1-2H3,(H,15,17)(H,16,18). The Morgan fingerprint density at radius 3 is 2.61 bits per heavy atom. The van der Waals surface area contributed by atoms with Gasteiger partial charge >= 0.3 is 0 Å². The van der Waals surface area contributed by atoms with Crippen LogP contribution in [0, 0.1) is 0 Å². The molecule has 0 saturated carbocycles. The van der Waals surface area contributed by atoms with Gasteiger partial charge in [-0.1, -0.05) is 30.7 Å². The van der Waals surface area contributed by atoms with Crippen molar-refractivity contribution in [3.8, 4) is 0 Å². The lowest BCUT2D eigenvalue weighted by Crippen LogP contribution is -2.45. The Hall–Kier alpha value is -1.55. The molecular weight excluding hydrogens is 252 g/mol. The number of amides is 2. The van der Waals surface area contributed by atoms with Crippen LogP contribution in [-0.2, 0) is 4.79 Å². The Balaban J connectivity index is 2.60. The third-order valence-electron chi connectivity index (χ3n) is 2.41. The van der Waals surface area contributed by atoms with Gasteiger partial charge in [0.25, 0.3) is 5.91 Å². The van der Waals surface area contributed by atoms with E-state index in [-0.39, 0.29) is 11.8 Å². The normalized spacial score (nSPS) is 11.7. The molecule has 98 valence electrons. The summed E-state index contributed by atoms with van der Waals surface area (Å²) in [7, 11) is 0. The van der Waals surface area contributed by atoms with Crippen molar-refractivity contribution >= 4 is 23.4 Å². The van der Waals surface area contributed by atoms with E-state index in [4.69, 9.17) is 11.6 Å². The summed E-state index contributed by atoms with van der Waals surface area (Å²) in [6.07, 6.45) is 0.858. The van der Waals surface area contributed by atoms with E-state index in [0.29, 0.717) is 17.1 Å². The molecule has 1 atom stereocenters. The monoisotopic (exact) mass is 268 g/mol. The van der Waals surface area contributed by atoms with Crippen molar-refractivity contribution in [1.82, 2.24) is 10.6 Å². The van der Waals surface area contributed by atoms with Crippen LogP contribution in [-0.4, -0.2) is 24.4 Å². The fourth-order valence-corrected chi connectivity index (χ4v) is 1.61. The fraction of sp³-hybridized carbons (Fsp3) is 0.385. The number of hydrogen-bond donors (Lipinski definition) is 2. The van der Waals surface area contributed by atoms with Crippen LogP contribution in [0.1, 0.15) is 30.6 Å². The maximum atomic E-state index is 11.9. The lowest BCUT2D eigenvalue weighted by atomic mass is 10.2. The first-order valence-corrected chi connectivity index (χ1v) is 6.27. The second kappa shape index (κ2) is 7.01. The predicted octanol–water partition coefficient (Wildman–Crippen LogP) is 1.98. The molecule has 2 N–H and O–H groups in total. The third kappa shape index (κ3) is 4.04. The number of rotatable bonds is 5. The van der Waals surface area contributed by atoms with Crippen molar-refractivity contribution in [1.29, 1.82) is 0 Å². The van der Waals surface area contributed by atoms with Crippen molar-refractivity contribution in [3.63, 3.8) is 0 Å². The second-order valence-electron chi connectivity index (χ2n) is 3.97. The van der Waals surface area contributed by atoms with Crippen molar-refractivity contribution in [2.45, 2.75) is 26.3 Å². The molecule has 0 aliphatic heterocycles. The largest absolute Gasteiger partial charge is 0.354 e. The summed E-state index contributed by atoms with van der Waals surface area (Å²) in [6.45, 7) is 4.21. The topological polar surface area (TPSA) is 58.2 Å². The average Bonchev–Trinajstić information content (AvgIpc) is 2.36. The van der Waals surface area contributed by atoms with Crippen LogP contribution >= 0.6 is 11.6 Å². The van der Waals surface area contributed by atoms with Crippen LogP contribution in [0.25, 0.3) is 0 Å². The van der Waals surface area contributed by atoms with E-state index in [1.54, 1.807) is 31.2 Å². The van der Waals surface area contributed by atoms with Gasteiger partial charge in [0.1, 0.15) is 6.04 Å². The van der Waals surface area contributed by atoms with Crippen molar-refractivity contribution in [3.05, 3.63) is 34.9 Å². The number of hydrogen-bond acceptors (Lipinski definition) is 2. The summed E-state index contributed by atoms with van der Waals surface area (Å²) in [5, 5.41) is 5.70. The predicted molar refractivity (Wildman–Crippen MR) is 71.7 cm³/mol. The molecule has 1 unspecified atom stereocenters. The van der Waals surface area contributed by atoms with Crippen molar-refractivity contribution < 1.29 is 9.59 Å². The van der Waals surface area contributed by atoms with Crippen LogP contribution in [0.3, 0.4) is 0 Å². The van der Waals surface area contributed by atoms with Gasteiger partial charge in [-0.05, 0) is 25.5 Å². The molecule has 0 aliphatic rings. The van der Waals surface area contributed by atoms with Gasteiger partial charge in [-0.2, -0.15) is 0 Å². The molecule has 0 saturated heterocycles. The lowest BCUT2D eigenvalue weighted by Gasteiger charge is -2.14. The van der Waals surface area contributed by atoms with Crippen LogP contribution in [0.4, 0.5) is 0 Å². The SMILES string of the molecule is CCCNC(=O)C(C)NC(=O)c1ccccc1Cl. The quantitative estimate of drug-likeness (QED) is 0.858. The summed E-state index contributed by atoms with van der Waals surface area (Å²) >= 11 is 5.90. The first kappa shape index (κ1) is 14.5. The number of carbonyl (C=O) groups is 2. The minimum atomic E-state index is -0.583. The average molecular weight is 269 g/mol. The van der Waals surface area contributed by atoms with Crippen LogP contribution in [0.5, 0.6) is 0 Å². The van der Waals surface area contributed by atoms with Crippen LogP contribution in [0.15, 0.2) is 24.3 Å². The Morgan fingerprint density at radius 1 is 1.33 bits per heavy atom. The maximum Gasteiger partial charge on any atom is 0.253 e. The second-order valence-corrected chi connectivity index (χ2v) is 4.37. The Kier molecular flexibility index (Phi) is 5.65. The van der Waals surface area contributed by atoms with Gasteiger partial charge in [0.2, 0.25) is 5.91 Å². The zero-order valence-electron chi connectivity index (χ0n) is 10.5. The molecule has 0 radical (unpaired) electrons. The van der Waals surface area contributed by atoms with Gasteiger partial charge in [0.05, 0.1) is 10.6 Å². The Bertz CT molecular complexity index is 435. The number of carbonyl (C=O) groups excluding carboxylic acids is 2. The third-order valence-corrected chi connectivity index (χ3v) is 2.74. The van der Waals surface area contributed by atoms with E-state index < -0.39 is 6.04 Å². The van der Waals surface area contributed by atoms with Crippen molar-refractivity contribution in [2.24, 2.45) is 0 Å². The molecule has 0 fully saturated rings. The molecule has 4 nitrogen and oxygen atoms in total. The van der Waals surface area contributed by atoms with Crippen LogP contribution in [0.2, 0.25) is 5.02 Å². The maximum absolute atomic E-state index is 11.9. The molecule has 1 aromatic carbocycles. The van der Waals surface area contributed by atoms with E-state index in [2.05, 4.69) is 10.6 Å². The molecule has 18 heavy (non-hydrogen) atoms. The summed E-state index contributed by atoms with van der Waals surface area (Å²) in [4.78, 5) is 23.5. The van der Waals surface area contributed by atoms with Gasteiger partial charge in [0, 0.05) is 6.54 Å². The summed E-state index contributed by atoms with van der Waals surface area (Å²) in [5.74, 6) is -0.544. The van der Waals surface area contributed by atoms with E-state index in [0.717, 1.165) is 6.42 Å². The molecule has 5 heteroatoms. The zero-order chi connectivity index (χ0) is 13.5. The van der Waals surface area contributed by atoms with E-state index in [9.17, 15) is 9.59 Å². The molecule has 1 aromatic rings. The number of halogens is 1. The molecular formula is C13H17ClN2O2. The van der Waals surface area contributed by atoms with E-state index in [1.807, 2.05) is 6.92 Å². The Morgan fingerprint density at radius 2 is 2.00 bits per heavy atom. The molecule has 0 spiro atoms. The smallest absolute Gasteiger partial charge is 0.253 e. The Labute approximate surface area is 112 Å². The summed E-state index contributed by atoms with van der Waals surface area (Å²) in [5.41, 5.74) is 0.370. The minimum Gasteiger partial charge on any atom is -0.354 e. The molecule has 0 aromatic heterocycles. The summed E-state index contributed by atoms with van der Waals surface area (Å²) < 4.78 is 0. The number of benzene rings is 1. The van der Waals surface area contributed by atoms with Gasteiger partial charge in [0.15, 0.2) is 0 Å². The van der Waals surface area contributed by atoms with Crippen LogP contribution < -0.4 is 10.6 Å². The highest BCUT2D eigenvalue weighted by Gasteiger charge is 2.17. The highest BCUT2D eigenvalue weighted by molar-refractivity contribution is 6.33. The molecule has 1 rings (SSSR count). The van der Waals surface area contributed by atoms with Crippen molar-refractivity contribution in [2.75, 3.05) is 6.54 Å². The highest BCUT2D eigenvalue weighted by Crippen LogP contribution is 2.14. The highest BCUT2D eigenvalue weighted by atomic mass is 35.5. The summed E-state index contributed by atoms with van der Waals surface area (Å²) in [6, 6.07) is 6.14. The van der Waals surface area contributed by atoms with Gasteiger partial charge in [-0.15, -0.1) is 0 Å². The van der Waals surface area contributed by atoms with Gasteiger partial charge in [-0.3, -0.25) is 9.59 Å². The number of nitrogens with one attached hydrogen (secondary N) is 2. The molecule has 0 heterocycles. The molecule has 2 amide bonds. The first-order valence-electron chi connectivity index (χ1n) is 5.89. The molecule has 0 aliphatic carbocycles. The first-order chi connectivity index (χ1) is 8.56. The lowest BCUT2D eigenvalue weighted by molar-refractivity contribution is -0.122. The molecule has 0 bridgehead atoms. The minimum absolute atomic E-state index is 0.197. The van der Waals surface area contributed by atoms with E-state index in [1.165, 1.54) is 0 Å². The van der Waals surface area contributed by atoms with Gasteiger partial charge in [-0.25, -0.2) is 0 Å². The fourth-order valence-electron chi connectivity index (χ4n) is 1.39. The zero-order valence-corrected chi connectivity index (χ0v) is 11.3. The van der Waals surface area contributed by atoms with E-state index >= 15 is 0 Å². The van der Waals surface area contributed by atoms with Gasteiger partial charge < -0.3 is 10.6 Å².